The highest BCUT2D eigenvalue weighted by Gasteiger charge is 2.80. The molecular weight excluding hydrogens is 436 g/mol. The molecule has 27 heavy (non-hydrogen) atoms. The molecule has 0 bridgehead atoms. The van der Waals surface area contributed by atoms with Gasteiger partial charge in [-0.3, -0.25) is 19.2 Å². The fourth-order valence-electron chi connectivity index (χ4n) is 3.16. The molecule has 154 valence electrons. The van der Waals surface area contributed by atoms with Crippen molar-refractivity contribution in [1.82, 2.24) is 0 Å². The molecule has 1 saturated heterocycles. The average Bonchev–Trinajstić information content (AvgIpc) is 2.43. The normalized spacial score (nSPS) is 27.4. The van der Waals surface area contributed by atoms with Crippen molar-refractivity contribution in [2.45, 2.75) is 38.2 Å². The first-order chi connectivity index (χ1) is 12.1. The Kier molecular flexibility index (Phi) is 6.60. The van der Waals surface area contributed by atoms with Gasteiger partial charge < -0.3 is 36.9 Å². The summed E-state index contributed by atoms with van der Waals surface area (Å²) in [5.74, 6) is -8.65. The number of hydrogen-bond donors (Lipinski definition) is 4. The standard InChI is InChI=1S/C11H22O12Si4/c1-10(6(12)13,7(14)15)11(8(16)17,9(18)19)27(5)21-24-20-25(2)22-26(3,4)23-27/h25H,24H2,1-5H3,(H,12,13)(H,14,15)(H,16,17)(H,18,19). The van der Waals surface area contributed by atoms with Crippen molar-refractivity contribution in [2.24, 2.45) is 5.41 Å². The van der Waals surface area contributed by atoms with E-state index in [4.69, 9.17) is 16.5 Å². The lowest BCUT2D eigenvalue weighted by Gasteiger charge is -2.49. The maximum atomic E-state index is 12.2. The number of rotatable bonds is 6. The quantitative estimate of drug-likeness (QED) is 0.275. The zero-order valence-electron chi connectivity index (χ0n) is 15.3. The molecule has 1 aliphatic heterocycles. The van der Waals surface area contributed by atoms with Crippen molar-refractivity contribution >= 4 is 60.3 Å². The maximum Gasteiger partial charge on any atom is 0.349 e. The van der Waals surface area contributed by atoms with Gasteiger partial charge in [0.2, 0.25) is 5.04 Å². The topological polar surface area (TPSA) is 186 Å². The summed E-state index contributed by atoms with van der Waals surface area (Å²) in [5.41, 5.74) is -3.28. The van der Waals surface area contributed by atoms with E-state index in [0.717, 1.165) is 6.55 Å². The summed E-state index contributed by atoms with van der Waals surface area (Å²) in [6, 6.07) is 0. The van der Waals surface area contributed by atoms with E-state index in [1.165, 1.54) is 13.1 Å². The first kappa shape index (κ1) is 23.6. The van der Waals surface area contributed by atoms with Gasteiger partial charge in [-0.05, 0) is 33.1 Å². The summed E-state index contributed by atoms with van der Waals surface area (Å²) in [4.78, 5) is 48.1. The van der Waals surface area contributed by atoms with Crippen LogP contribution in [0.2, 0.25) is 31.2 Å². The van der Waals surface area contributed by atoms with Crippen LogP contribution in [0.15, 0.2) is 0 Å². The highest BCUT2D eigenvalue weighted by Crippen LogP contribution is 2.56. The lowest BCUT2D eigenvalue weighted by molar-refractivity contribution is -0.181. The molecule has 1 fully saturated rings. The third-order valence-electron chi connectivity index (χ3n) is 4.46. The van der Waals surface area contributed by atoms with Gasteiger partial charge in [-0.15, -0.1) is 0 Å². The molecule has 1 heterocycles. The number of carbonyl (C=O) groups is 4. The summed E-state index contributed by atoms with van der Waals surface area (Å²) < 4.78 is 22.5. The summed E-state index contributed by atoms with van der Waals surface area (Å²) >= 11 is 0. The molecule has 12 nitrogen and oxygen atoms in total. The number of aliphatic carboxylic acids is 4. The van der Waals surface area contributed by atoms with E-state index in [1.54, 1.807) is 6.55 Å². The summed E-state index contributed by atoms with van der Waals surface area (Å²) in [6.45, 7) is 6.23. The van der Waals surface area contributed by atoms with Crippen molar-refractivity contribution in [3.8, 4) is 0 Å². The van der Waals surface area contributed by atoms with Crippen molar-refractivity contribution in [2.75, 3.05) is 0 Å². The zero-order chi connectivity index (χ0) is 21.4. The molecule has 0 aromatic rings. The number of carboxylic acids is 4. The second kappa shape index (κ2) is 7.54. The fraction of sp³-hybridized carbons (Fsp3) is 0.636. The third-order valence-corrected chi connectivity index (χ3v) is 19.0. The number of hydrogen-bond acceptors (Lipinski definition) is 8. The van der Waals surface area contributed by atoms with Crippen LogP contribution in [0.1, 0.15) is 6.92 Å². The molecule has 0 spiro atoms. The smallest absolute Gasteiger partial charge is 0.349 e. The Morgan fingerprint density at radius 1 is 0.926 bits per heavy atom. The monoisotopic (exact) mass is 458 g/mol. The second-order valence-electron chi connectivity index (χ2n) is 6.66. The molecule has 2 unspecified atom stereocenters. The Bertz CT molecular complexity index is 638. The minimum Gasteiger partial charge on any atom is -0.480 e. The van der Waals surface area contributed by atoms with E-state index in [0.29, 0.717) is 6.92 Å². The lowest BCUT2D eigenvalue weighted by atomic mass is 9.75. The molecule has 4 N–H and O–H groups in total. The van der Waals surface area contributed by atoms with Gasteiger partial charge in [0.05, 0.1) is 0 Å². The van der Waals surface area contributed by atoms with E-state index in [2.05, 4.69) is 0 Å². The van der Waals surface area contributed by atoms with Crippen LogP contribution in [0.25, 0.3) is 0 Å². The fourth-order valence-corrected chi connectivity index (χ4v) is 18.3. The highest BCUT2D eigenvalue weighted by atomic mass is 28.5. The van der Waals surface area contributed by atoms with E-state index >= 15 is 0 Å². The van der Waals surface area contributed by atoms with Crippen molar-refractivity contribution in [1.29, 1.82) is 0 Å². The molecule has 0 amide bonds. The Morgan fingerprint density at radius 2 is 1.37 bits per heavy atom. The minimum absolute atomic E-state index is 0.527. The third kappa shape index (κ3) is 3.65. The van der Waals surface area contributed by atoms with Gasteiger partial charge in [-0.2, -0.15) is 0 Å². The van der Waals surface area contributed by atoms with Crippen molar-refractivity contribution < 1.29 is 56.1 Å². The van der Waals surface area contributed by atoms with Crippen molar-refractivity contribution in [3.63, 3.8) is 0 Å². The molecule has 2 atom stereocenters. The largest absolute Gasteiger partial charge is 0.480 e. The van der Waals surface area contributed by atoms with Crippen LogP contribution in [0.4, 0.5) is 0 Å². The molecule has 0 radical (unpaired) electrons. The predicted molar refractivity (Wildman–Crippen MR) is 96.3 cm³/mol. The van der Waals surface area contributed by atoms with E-state index < -0.39 is 70.7 Å². The van der Waals surface area contributed by atoms with Gasteiger partial charge in [0, 0.05) is 0 Å². The molecule has 1 rings (SSSR count). The predicted octanol–water partition coefficient (Wildman–Crippen LogP) is -1.23. The minimum atomic E-state index is -4.62. The molecular formula is C11H22O12Si4. The highest BCUT2D eigenvalue weighted by molar-refractivity contribution is 6.90. The van der Waals surface area contributed by atoms with E-state index in [-0.39, 0.29) is 0 Å². The molecule has 0 aliphatic carbocycles. The molecule has 16 heteroatoms. The Labute approximate surface area is 160 Å². The molecule has 0 aromatic heterocycles. The zero-order valence-corrected chi connectivity index (χ0v) is 19.9. The Balaban J connectivity index is 3.88. The lowest BCUT2D eigenvalue weighted by Crippen LogP contribution is -2.72. The van der Waals surface area contributed by atoms with Gasteiger partial charge in [0.1, 0.15) is 0 Å². The summed E-state index contributed by atoms with van der Waals surface area (Å²) in [7, 11) is -12.0. The average molecular weight is 459 g/mol. The van der Waals surface area contributed by atoms with Crippen LogP contribution in [0.5, 0.6) is 0 Å². The summed E-state index contributed by atoms with van der Waals surface area (Å²) in [6.07, 6.45) is 0. The van der Waals surface area contributed by atoms with Crippen LogP contribution in [-0.2, 0) is 35.6 Å². The second-order valence-corrected chi connectivity index (χ2v) is 17.7. The summed E-state index contributed by atoms with van der Waals surface area (Å²) in [5, 5.41) is 35.4. The number of carboxylic acid groups (broad SMARTS) is 4. The molecule has 0 saturated carbocycles. The van der Waals surface area contributed by atoms with E-state index in [9.17, 15) is 39.6 Å². The van der Waals surface area contributed by atoms with Crippen LogP contribution < -0.4 is 0 Å². The van der Waals surface area contributed by atoms with Crippen LogP contribution in [0, 0.1) is 5.41 Å². The van der Waals surface area contributed by atoms with Crippen LogP contribution >= 0.6 is 0 Å². The SMILES string of the molecule is C[SiH]1O[SiH2]O[Si](C)(C(C(=O)O)(C(=O)O)C(C)(C(=O)O)C(=O)O)O[Si](C)(C)O1. The van der Waals surface area contributed by atoms with Gasteiger partial charge >= 0.3 is 41.0 Å². The van der Waals surface area contributed by atoms with E-state index in [1.807, 2.05) is 0 Å². The van der Waals surface area contributed by atoms with Crippen LogP contribution in [0.3, 0.4) is 0 Å². The molecule has 0 aromatic carbocycles. The Hall–Kier alpha value is -1.41. The van der Waals surface area contributed by atoms with Gasteiger partial charge in [0.25, 0.3) is 19.3 Å². The maximum absolute atomic E-state index is 12.2. The van der Waals surface area contributed by atoms with Gasteiger partial charge in [-0.25, -0.2) is 0 Å². The van der Waals surface area contributed by atoms with Crippen molar-refractivity contribution in [3.05, 3.63) is 0 Å². The first-order valence-electron chi connectivity index (χ1n) is 7.65. The Morgan fingerprint density at radius 3 is 1.74 bits per heavy atom. The first-order valence-corrected chi connectivity index (χ1v) is 16.0. The van der Waals surface area contributed by atoms with Gasteiger partial charge in [0.15, 0.2) is 5.41 Å². The van der Waals surface area contributed by atoms with Crippen LogP contribution in [-0.4, -0.2) is 80.7 Å². The van der Waals surface area contributed by atoms with Gasteiger partial charge in [-0.1, -0.05) is 0 Å². The molecule has 1 aliphatic rings.